The van der Waals surface area contributed by atoms with Crippen molar-refractivity contribution >= 4 is 39.1 Å². The Kier molecular flexibility index (Phi) is 5.48. The minimum absolute atomic E-state index is 0.0583. The molecule has 0 heterocycles. The fourth-order valence-corrected chi connectivity index (χ4v) is 3.82. The van der Waals surface area contributed by atoms with Crippen molar-refractivity contribution in [3.63, 3.8) is 0 Å². The average Bonchev–Trinajstić information content (AvgIpc) is 2.76. The molecule has 0 N–H and O–H groups in total. The van der Waals surface area contributed by atoms with Crippen LogP contribution in [0.2, 0.25) is 0 Å². The van der Waals surface area contributed by atoms with Crippen molar-refractivity contribution in [1.82, 2.24) is 0 Å². The van der Waals surface area contributed by atoms with Gasteiger partial charge in [-0.2, -0.15) is 0 Å². The highest BCUT2D eigenvalue weighted by Gasteiger charge is 2.22. The van der Waals surface area contributed by atoms with Gasteiger partial charge in [0.25, 0.3) is 5.91 Å². The van der Waals surface area contributed by atoms with E-state index in [2.05, 4.69) is 6.07 Å². The molecule has 0 aliphatic carbocycles. The van der Waals surface area contributed by atoms with Crippen molar-refractivity contribution < 1.29 is 14.3 Å². The zero-order valence-corrected chi connectivity index (χ0v) is 17.0. The number of ether oxygens (including phenoxy) is 1. The van der Waals surface area contributed by atoms with Crippen LogP contribution in [0.1, 0.15) is 24.2 Å². The molecule has 4 aromatic carbocycles. The molecule has 30 heavy (non-hydrogen) atoms. The van der Waals surface area contributed by atoms with Crippen molar-refractivity contribution in [2.24, 2.45) is 0 Å². The van der Waals surface area contributed by atoms with Crippen molar-refractivity contribution in [3.8, 4) is 0 Å². The molecule has 1 amide bonds. The summed E-state index contributed by atoms with van der Waals surface area (Å²) in [6.45, 7) is 3.55. The van der Waals surface area contributed by atoms with E-state index >= 15 is 0 Å². The molecule has 0 aliphatic heterocycles. The van der Waals surface area contributed by atoms with Crippen LogP contribution in [0.4, 0.5) is 5.69 Å². The second-order valence-corrected chi connectivity index (χ2v) is 7.46. The molecule has 4 aromatic rings. The lowest BCUT2D eigenvalue weighted by molar-refractivity contribution is -0.122. The van der Waals surface area contributed by atoms with E-state index in [1.54, 1.807) is 4.90 Å². The predicted octanol–water partition coefficient (Wildman–Crippen LogP) is 5.59. The third kappa shape index (κ3) is 3.77. The van der Waals surface area contributed by atoms with Gasteiger partial charge >= 0.3 is 5.97 Å². The van der Waals surface area contributed by atoms with Crippen LogP contribution in [0.3, 0.4) is 0 Å². The summed E-state index contributed by atoms with van der Waals surface area (Å²) in [7, 11) is 0. The Bertz CT molecular complexity index is 1160. The number of fused-ring (bicyclic) bond motifs is 2. The lowest BCUT2D eigenvalue weighted by atomic mass is 9.97. The molecule has 4 heteroatoms. The van der Waals surface area contributed by atoms with Crippen molar-refractivity contribution in [1.29, 1.82) is 0 Å². The number of nitrogens with zero attached hydrogens (tertiary/aromatic N) is 1. The van der Waals surface area contributed by atoms with Gasteiger partial charge in [0.1, 0.15) is 0 Å². The van der Waals surface area contributed by atoms with E-state index < -0.39 is 5.97 Å². The monoisotopic (exact) mass is 397 g/mol. The maximum absolute atomic E-state index is 13.1. The number of amides is 1. The lowest BCUT2D eigenvalue weighted by Crippen LogP contribution is -2.39. The second-order valence-electron chi connectivity index (χ2n) is 7.46. The average molecular weight is 397 g/mol. The molecule has 0 saturated heterocycles. The number of carbonyl (C=O) groups excluding carboxylic acids is 2. The van der Waals surface area contributed by atoms with Gasteiger partial charge in [0.15, 0.2) is 6.61 Å². The lowest BCUT2D eigenvalue weighted by Gasteiger charge is -2.26. The molecule has 4 nitrogen and oxygen atoms in total. The van der Waals surface area contributed by atoms with Crippen LogP contribution in [0.25, 0.3) is 21.5 Å². The minimum Gasteiger partial charge on any atom is -0.452 e. The van der Waals surface area contributed by atoms with E-state index in [0.717, 1.165) is 27.2 Å². The number of anilines is 1. The number of para-hydroxylation sites is 1. The Labute approximate surface area is 175 Å². The van der Waals surface area contributed by atoms with Crippen molar-refractivity contribution in [2.45, 2.75) is 19.9 Å². The van der Waals surface area contributed by atoms with E-state index in [4.69, 9.17) is 4.74 Å². The molecule has 0 aromatic heterocycles. The molecular weight excluding hydrogens is 374 g/mol. The minimum atomic E-state index is -0.492. The Balaban J connectivity index is 1.64. The van der Waals surface area contributed by atoms with Gasteiger partial charge in [0.2, 0.25) is 0 Å². The SMILES string of the molecule is CC(C)N(C(=O)COC(=O)c1c2ccccc2cc2ccccc12)c1ccccc1. The summed E-state index contributed by atoms with van der Waals surface area (Å²) >= 11 is 0. The highest BCUT2D eigenvalue weighted by Crippen LogP contribution is 2.29. The van der Waals surface area contributed by atoms with Gasteiger partial charge in [-0.05, 0) is 53.6 Å². The number of rotatable bonds is 5. The van der Waals surface area contributed by atoms with Gasteiger partial charge in [-0.3, -0.25) is 4.79 Å². The largest absolute Gasteiger partial charge is 0.452 e. The van der Waals surface area contributed by atoms with Crippen LogP contribution in [-0.4, -0.2) is 24.5 Å². The van der Waals surface area contributed by atoms with Gasteiger partial charge in [-0.25, -0.2) is 4.79 Å². The molecule has 0 bridgehead atoms. The number of benzene rings is 4. The maximum Gasteiger partial charge on any atom is 0.339 e. The predicted molar refractivity (Wildman–Crippen MR) is 121 cm³/mol. The Morgan fingerprint density at radius 2 is 1.33 bits per heavy atom. The van der Waals surface area contributed by atoms with E-state index in [9.17, 15) is 9.59 Å². The zero-order valence-electron chi connectivity index (χ0n) is 17.0. The first-order valence-electron chi connectivity index (χ1n) is 10.0. The Morgan fingerprint density at radius 3 is 1.90 bits per heavy atom. The quantitative estimate of drug-likeness (QED) is 0.326. The van der Waals surface area contributed by atoms with Gasteiger partial charge in [-0.1, -0.05) is 66.7 Å². The number of hydrogen-bond donors (Lipinski definition) is 0. The van der Waals surface area contributed by atoms with Crippen molar-refractivity contribution in [2.75, 3.05) is 11.5 Å². The molecule has 0 fully saturated rings. The topological polar surface area (TPSA) is 46.6 Å². The van der Waals surface area contributed by atoms with Gasteiger partial charge in [0.05, 0.1) is 5.56 Å². The fraction of sp³-hybridized carbons (Fsp3) is 0.154. The third-order valence-corrected chi connectivity index (χ3v) is 5.12. The summed E-state index contributed by atoms with van der Waals surface area (Å²) in [5.41, 5.74) is 1.27. The maximum atomic E-state index is 13.1. The molecule has 0 atom stereocenters. The van der Waals surface area contributed by atoms with E-state index in [1.165, 1.54) is 0 Å². The second kappa shape index (κ2) is 8.37. The zero-order chi connectivity index (χ0) is 21.1. The number of carbonyl (C=O) groups is 2. The molecule has 0 aliphatic rings. The normalized spacial score (nSPS) is 11.0. The smallest absolute Gasteiger partial charge is 0.339 e. The van der Waals surface area contributed by atoms with E-state index in [1.807, 2.05) is 92.7 Å². The number of esters is 1. The molecule has 4 rings (SSSR count). The summed E-state index contributed by atoms with van der Waals surface area (Å²) in [4.78, 5) is 27.7. The van der Waals surface area contributed by atoms with Crippen LogP contribution in [0.15, 0.2) is 84.9 Å². The first kappa shape index (κ1) is 19.6. The van der Waals surface area contributed by atoms with Crippen LogP contribution < -0.4 is 4.90 Å². The van der Waals surface area contributed by atoms with Crippen LogP contribution in [0.5, 0.6) is 0 Å². The van der Waals surface area contributed by atoms with Crippen LogP contribution in [-0.2, 0) is 9.53 Å². The number of hydrogen-bond acceptors (Lipinski definition) is 3. The highest BCUT2D eigenvalue weighted by molar-refractivity contribution is 6.16. The summed E-state index contributed by atoms with van der Waals surface area (Å²) < 4.78 is 5.53. The van der Waals surface area contributed by atoms with Crippen LogP contribution >= 0.6 is 0 Å². The molecule has 0 spiro atoms. The molecule has 0 saturated carbocycles. The summed E-state index contributed by atoms with van der Waals surface area (Å²) in [5.74, 6) is -0.748. The molecule has 150 valence electrons. The van der Waals surface area contributed by atoms with Crippen molar-refractivity contribution in [3.05, 3.63) is 90.5 Å². The molecular formula is C26H23NO3. The summed E-state index contributed by atoms with van der Waals surface area (Å²) in [6, 6.07) is 26.8. The van der Waals surface area contributed by atoms with Gasteiger partial charge < -0.3 is 9.64 Å². The fourth-order valence-electron chi connectivity index (χ4n) is 3.82. The first-order chi connectivity index (χ1) is 14.6. The van der Waals surface area contributed by atoms with Gasteiger partial charge in [-0.15, -0.1) is 0 Å². The van der Waals surface area contributed by atoms with Crippen LogP contribution in [0, 0.1) is 0 Å². The van der Waals surface area contributed by atoms with Gasteiger partial charge in [0, 0.05) is 11.7 Å². The standard InChI is InChI=1S/C26H23NO3/c1-18(2)27(21-12-4-3-5-13-21)24(28)17-30-26(29)25-22-14-8-6-10-19(22)16-20-11-7-9-15-23(20)25/h3-16,18H,17H2,1-2H3. The Morgan fingerprint density at radius 1 is 0.800 bits per heavy atom. The summed E-state index contributed by atoms with van der Waals surface area (Å²) in [6.07, 6.45) is 0. The Hall–Kier alpha value is -3.66. The van der Waals surface area contributed by atoms with E-state index in [-0.39, 0.29) is 18.6 Å². The van der Waals surface area contributed by atoms with E-state index in [0.29, 0.717) is 5.56 Å². The molecule has 0 radical (unpaired) electrons. The summed E-state index contributed by atoms with van der Waals surface area (Å²) in [5, 5.41) is 3.56. The highest BCUT2D eigenvalue weighted by atomic mass is 16.5. The third-order valence-electron chi connectivity index (χ3n) is 5.12. The molecule has 0 unspecified atom stereocenters. The first-order valence-corrected chi connectivity index (χ1v) is 10.0.